The third-order valence-corrected chi connectivity index (χ3v) is 9.20. The maximum atomic E-state index is 14.1. The first kappa shape index (κ1) is 29.3. The van der Waals surface area contributed by atoms with Crippen LogP contribution in [0.3, 0.4) is 0 Å². The summed E-state index contributed by atoms with van der Waals surface area (Å²) in [5.41, 5.74) is 4.09. The SMILES string of the molecule is Cc1cccc(CN(C(=O)CN(c2cc(C)cc(C)c2)S(=O)(=O)c2ccccc2)[C@H](C)C(=O)NC2CCCC2)c1. The van der Waals surface area contributed by atoms with Crippen molar-refractivity contribution in [2.24, 2.45) is 0 Å². The molecule has 0 radical (unpaired) electrons. The highest BCUT2D eigenvalue weighted by Crippen LogP contribution is 2.27. The van der Waals surface area contributed by atoms with Crippen LogP contribution in [0, 0.1) is 20.8 Å². The predicted octanol–water partition coefficient (Wildman–Crippen LogP) is 5.28. The van der Waals surface area contributed by atoms with E-state index in [9.17, 15) is 18.0 Å². The molecule has 0 aliphatic heterocycles. The van der Waals surface area contributed by atoms with Gasteiger partial charge in [0.2, 0.25) is 11.8 Å². The summed E-state index contributed by atoms with van der Waals surface area (Å²) < 4.78 is 29.0. The Morgan fingerprint density at radius 2 is 1.52 bits per heavy atom. The number of hydrogen-bond acceptors (Lipinski definition) is 4. The molecule has 1 atom stereocenters. The molecule has 1 fully saturated rings. The summed E-state index contributed by atoms with van der Waals surface area (Å²) in [6, 6.07) is 20.7. The number of nitrogens with one attached hydrogen (secondary N) is 1. The van der Waals surface area contributed by atoms with Crippen LogP contribution in [0.2, 0.25) is 0 Å². The van der Waals surface area contributed by atoms with Gasteiger partial charge in [0.25, 0.3) is 10.0 Å². The Kier molecular flexibility index (Phi) is 9.30. The highest BCUT2D eigenvalue weighted by molar-refractivity contribution is 7.92. The second kappa shape index (κ2) is 12.7. The van der Waals surface area contributed by atoms with Crippen molar-refractivity contribution in [3.8, 4) is 0 Å². The van der Waals surface area contributed by atoms with E-state index < -0.39 is 28.5 Å². The normalized spacial score (nSPS) is 14.5. The van der Waals surface area contributed by atoms with Crippen molar-refractivity contribution in [1.82, 2.24) is 10.2 Å². The fourth-order valence-electron chi connectivity index (χ4n) is 5.32. The molecule has 2 amide bonds. The average Bonchev–Trinajstić information content (AvgIpc) is 3.42. The van der Waals surface area contributed by atoms with Crippen molar-refractivity contribution in [2.75, 3.05) is 10.8 Å². The van der Waals surface area contributed by atoms with Gasteiger partial charge in [-0.15, -0.1) is 0 Å². The molecule has 40 heavy (non-hydrogen) atoms. The highest BCUT2D eigenvalue weighted by Gasteiger charge is 2.33. The summed E-state index contributed by atoms with van der Waals surface area (Å²) in [7, 11) is -4.08. The topological polar surface area (TPSA) is 86.8 Å². The molecule has 0 saturated heterocycles. The highest BCUT2D eigenvalue weighted by atomic mass is 32.2. The van der Waals surface area contributed by atoms with E-state index >= 15 is 0 Å². The van der Waals surface area contributed by atoms with Gasteiger partial charge in [-0.2, -0.15) is 0 Å². The molecule has 8 heteroatoms. The van der Waals surface area contributed by atoms with Crippen LogP contribution in [0.15, 0.2) is 77.7 Å². The van der Waals surface area contributed by atoms with E-state index in [1.54, 1.807) is 37.3 Å². The molecule has 3 aromatic carbocycles. The van der Waals surface area contributed by atoms with Crippen molar-refractivity contribution in [1.29, 1.82) is 0 Å². The van der Waals surface area contributed by atoms with E-state index in [2.05, 4.69) is 5.32 Å². The fraction of sp³-hybridized carbons (Fsp3) is 0.375. The van der Waals surface area contributed by atoms with Gasteiger partial charge in [0, 0.05) is 12.6 Å². The van der Waals surface area contributed by atoms with Gasteiger partial charge < -0.3 is 10.2 Å². The number of carbonyl (C=O) groups is 2. The summed E-state index contributed by atoms with van der Waals surface area (Å²) in [6.45, 7) is 7.22. The third-order valence-electron chi connectivity index (χ3n) is 7.41. The zero-order chi connectivity index (χ0) is 28.9. The number of amides is 2. The van der Waals surface area contributed by atoms with Gasteiger partial charge in [-0.25, -0.2) is 8.42 Å². The number of rotatable bonds is 10. The molecule has 0 unspecified atom stereocenters. The standard InChI is InChI=1S/C32H39N3O4S/c1-23-11-10-12-27(18-23)21-34(26(4)32(37)33-28-13-8-9-14-28)31(36)22-35(29-19-24(2)17-25(3)20-29)40(38,39)30-15-6-5-7-16-30/h5-7,10-12,15-20,26,28H,8-9,13-14,21-22H2,1-4H3,(H,33,37)/t26-/m1/s1. The Morgan fingerprint density at radius 1 is 0.875 bits per heavy atom. The monoisotopic (exact) mass is 561 g/mol. The summed E-state index contributed by atoms with van der Waals surface area (Å²) >= 11 is 0. The molecule has 1 saturated carbocycles. The van der Waals surface area contributed by atoms with Crippen molar-refractivity contribution in [3.05, 3.63) is 95.1 Å². The number of nitrogens with zero attached hydrogens (tertiary/aromatic N) is 2. The number of carbonyl (C=O) groups excluding carboxylic acids is 2. The minimum Gasteiger partial charge on any atom is -0.352 e. The number of benzene rings is 3. The molecule has 1 aliphatic rings. The van der Waals surface area contributed by atoms with Gasteiger partial charge >= 0.3 is 0 Å². The van der Waals surface area contributed by atoms with Crippen molar-refractivity contribution < 1.29 is 18.0 Å². The molecule has 0 heterocycles. The number of hydrogen-bond donors (Lipinski definition) is 1. The number of sulfonamides is 1. The molecule has 3 aromatic rings. The number of anilines is 1. The molecule has 212 valence electrons. The molecule has 0 aromatic heterocycles. The largest absolute Gasteiger partial charge is 0.352 e. The predicted molar refractivity (Wildman–Crippen MR) is 158 cm³/mol. The molecule has 0 spiro atoms. The first-order valence-corrected chi connectivity index (χ1v) is 15.3. The minimum absolute atomic E-state index is 0.0965. The second-order valence-electron chi connectivity index (χ2n) is 10.8. The van der Waals surface area contributed by atoms with Crippen LogP contribution in [0.25, 0.3) is 0 Å². The zero-order valence-electron chi connectivity index (χ0n) is 23.8. The smallest absolute Gasteiger partial charge is 0.264 e. The molecular weight excluding hydrogens is 522 g/mol. The van der Waals surface area contributed by atoms with Crippen LogP contribution in [-0.4, -0.2) is 43.8 Å². The molecule has 1 aliphatic carbocycles. The van der Waals surface area contributed by atoms with Gasteiger partial charge in [-0.05, 0) is 81.5 Å². The van der Waals surface area contributed by atoms with E-state index in [0.717, 1.165) is 52.2 Å². The van der Waals surface area contributed by atoms with Gasteiger partial charge in [-0.1, -0.05) is 66.9 Å². The van der Waals surface area contributed by atoms with Crippen LogP contribution in [0.1, 0.15) is 54.9 Å². The Morgan fingerprint density at radius 3 is 2.15 bits per heavy atom. The van der Waals surface area contributed by atoms with Crippen molar-refractivity contribution >= 4 is 27.5 Å². The first-order chi connectivity index (χ1) is 19.0. The summed E-state index contributed by atoms with van der Waals surface area (Å²) in [4.78, 5) is 29.0. The quantitative estimate of drug-likeness (QED) is 0.365. The lowest BCUT2D eigenvalue weighted by atomic mass is 10.1. The van der Waals surface area contributed by atoms with E-state index in [1.165, 1.54) is 17.0 Å². The van der Waals surface area contributed by atoms with E-state index in [-0.39, 0.29) is 23.4 Å². The lowest BCUT2D eigenvalue weighted by Gasteiger charge is -2.32. The van der Waals surface area contributed by atoms with Crippen LogP contribution < -0.4 is 9.62 Å². The van der Waals surface area contributed by atoms with E-state index in [4.69, 9.17) is 0 Å². The third kappa shape index (κ3) is 7.10. The average molecular weight is 562 g/mol. The Balaban J connectivity index is 1.70. The molecule has 7 nitrogen and oxygen atoms in total. The maximum Gasteiger partial charge on any atom is 0.264 e. The van der Waals surface area contributed by atoms with Crippen LogP contribution in [0.5, 0.6) is 0 Å². The molecular formula is C32H39N3O4S. The van der Waals surface area contributed by atoms with Gasteiger partial charge in [0.1, 0.15) is 12.6 Å². The molecule has 1 N–H and O–H groups in total. The van der Waals surface area contributed by atoms with Gasteiger partial charge in [0.05, 0.1) is 10.6 Å². The second-order valence-corrected chi connectivity index (χ2v) is 12.7. The Bertz CT molecular complexity index is 1430. The van der Waals surface area contributed by atoms with Crippen molar-refractivity contribution in [3.63, 3.8) is 0 Å². The van der Waals surface area contributed by atoms with E-state index in [1.807, 2.05) is 51.1 Å². The zero-order valence-corrected chi connectivity index (χ0v) is 24.6. The Hall–Kier alpha value is -3.65. The van der Waals surface area contributed by atoms with Crippen LogP contribution in [0.4, 0.5) is 5.69 Å². The first-order valence-electron chi connectivity index (χ1n) is 13.9. The maximum absolute atomic E-state index is 14.1. The lowest BCUT2D eigenvalue weighted by Crippen LogP contribution is -2.52. The number of aryl methyl sites for hydroxylation is 3. The summed E-state index contributed by atoms with van der Waals surface area (Å²) in [5, 5.41) is 3.10. The fourth-order valence-corrected chi connectivity index (χ4v) is 6.74. The van der Waals surface area contributed by atoms with Gasteiger partial charge in [-0.3, -0.25) is 13.9 Å². The Labute approximate surface area is 238 Å². The van der Waals surface area contributed by atoms with Crippen LogP contribution >= 0.6 is 0 Å². The van der Waals surface area contributed by atoms with Crippen molar-refractivity contribution in [2.45, 2.75) is 76.9 Å². The minimum atomic E-state index is -4.08. The van der Waals surface area contributed by atoms with E-state index in [0.29, 0.717) is 5.69 Å². The molecule has 4 rings (SSSR count). The summed E-state index contributed by atoms with van der Waals surface area (Å²) in [5.74, 6) is -0.675. The van der Waals surface area contributed by atoms with Gasteiger partial charge in [0.15, 0.2) is 0 Å². The summed E-state index contributed by atoms with van der Waals surface area (Å²) in [6.07, 6.45) is 4.02. The molecule has 0 bridgehead atoms. The van der Waals surface area contributed by atoms with Crippen LogP contribution in [-0.2, 0) is 26.2 Å². The lowest BCUT2D eigenvalue weighted by molar-refractivity contribution is -0.139.